The van der Waals surface area contributed by atoms with E-state index >= 15 is 0 Å². The number of nitrogen functional groups attached to an aromatic ring is 1. The lowest BCUT2D eigenvalue weighted by Crippen LogP contribution is -2.17. The van der Waals surface area contributed by atoms with Crippen LogP contribution in [0.15, 0.2) is 36.4 Å². The zero-order valence-corrected chi connectivity index (χ0v) is 15.2. The van der Waals surface area contributed by atoms with E-state index in [9.17, 15) is 0 Å². The van der Waals surface area contributed by atoms with E-state index < -0.39 is 0 Å². The van der Waals surface area contributed by atoms with Gasteiger partial charge >= 0.3 is 0 Å². The van der Waals surface area contributed by atoms with E-state index in [1.54, 1.807) is 6.07 Å². The molecule has 0 aliphatic carbocycles. The highest BCUT2D eigenvalue weighted by Crippen LogP contribution is 2.30. The zero-order chi connectivity index (χ0) is 17.3. The largest absolute Gasteiger partial charge is 0.384 e. The Bertz CT molecular complexity index is 644. The van der Waals surface area contributed by atoms with Crippen molar-refractivity contribution in [3.63, 3.8) is 0 Å². The molecule has 23 heavy (non-hydrogen) atoms. The van der Waals surface area contributed by atoms with Gasteiger partial charge in [0.25, 0.3) is 0 Å². The van der Waals surface area contributed by atoms with Crippen LogP contribution in [0, 0.1) is 0 Å². The first-order chi connectivity index (χ1) is 10.6. The van der Waals surface area contributed by atoms with Gasteiger partial charge in [-0.25, -0.2) is 4.98 Å². The molecule has 0 fully saturated rings. The highest BCUT2D eigenvalue weighted by molar-refractivity contribution is 5.44. The van der Waals surface area contributed by atoms with E-state index in [-0.39, 0.29) is 10.8 Å². The van der Waals surface area contributed by atoms with E-state index in [1.807, 2.05) is 12.1 Å². The molecule has 0 aliphatic heterocycles. The number of nitrogens with one attached hydrogen (secondary N) is 1. The lowest BCUT2D eigenvalue weighted by Gasteiger charge is -2.26. The maximum absolute atomic E-state index is 5.74. The predicted octanol–water partition coefficient (Wildman–Crippen LogP) is 4.87. The predicted molar refractivity (Wildman–Crippen MR) is 99.8 cm³/mol. The van der Waals surface area contributed by atoms with Crippen LogP contribution >= 0.6 is 0 Å². The van der Waals surface area contributed by atoms with Gasteiger partial charge in [-0.1, -0.05) is 65.8 Å². The van der Waals surface area contributed by atoms with Gasteiger partial charge in [0.1, 0.15) is 11.6 Å². The van der Waals surface area contributed by atoms with Gasteiger partial charge in [0.15, 0.2) is 0 Å². The molecule has 124 valence electrons. The summed E-state index contributed by atoms with van der Waals surface area (Å²) in [5.41, 5.74) is 10.00. The van der Waals surface area contributed by atoms with Crippen molar-refractivity contribution in [2.45, 2.75) is 58.9 Å². The summed E-state index contributed by atoms with van der Waals surface area (Å²) in [5.74, 6) is 1.34. The lowest BCUT2D eigenvalue weighted by molar-refractivity contribution is 0.567. The van der Waals surface area contributed by atoms with E-state index in [2.05, 4.69) is 70.0 Å². The number of pyridine rings is 1. The van der Waals surface area contributed by atoms with Gasteiger partial charge in [0.2, 0.25) is 0 Å². The summed E-state index contributed by atoms with van der Waals surface area (Å²) >= 11 is 0. The summed E-state index contributed by atoms with van der Waals surface area (Å²) in [7, 11) is 0. The Morgan fingerprint density at radius 1 is 0.913 bits per heavy atom. The van der Waals surface area contributed by atoms with Crippen molar-refractivity contribution in [1.82, 2.24) is 4.98 Å². The van der Waals surface area contributed by atoms with E-state index in [0.29, 0.717) is 5.82 Å². The molecule has 0 saturated carbocycles. The van der Waals surface area contributed by atoms with Crippen LogP contribution in [-0.4, -0.2) is 4.98 Å². The minimum atomic E-state index is 0.130. The number of aromatic nitrogens is 1. The van der Waals surface area contributed by atoms with Crippen molar-refractivity contribution in [2.75, 3.05) is 11.1 Å². The van der Waals surface area contributed by atoms with Crippen LogP contribution in [0.1, 0.15) is 58.2 Å². The van der Waals surface area contributed by atoms with Crippen LogP contribution < -0.4 is 11.1 Å². The lowest BCUT2D eigenvalue weighted by atomic mass is 9.79. The monoisotopic (exact) mass is 311 g/mol. The minimum absolute atomic E-state index is 0.130. The van der Waals surface area contributed by atoms with Gasteiger partial charge in [0, 0.05) is 6.54 Å². The molecule has 0 unspecified atom stereocenters. The molecule has 3 nitrogen and oxygen atoms in total. The Morgan fingerprint density at radius 2 is 1.48 bits per heavy atom. The second kappa shape index (κ2) is 6.23. The molecular formula is C20H29N3. The fourth-order valence-corrected chi connectivity index (χ4v) is 2.40. The summed E-state index contributed by atoms with van der Waals surface area (Å²) in [6.45, 7) is 14.3. The van der Waals surface area contributed by atoms with Crippen molar-refractivity contribution >= 4 is 11.6 Å². The SMILES string of the molecule is CC(C)(C)c1cc(CNc2cccc(N)n2)cc(C(C)(C)C)c1. The van der Waals surface area contributed by atoms with Crippen LogP contribution in [-0.2, 0) is 17.4 Å². The number of nitrogens with two attached hydrogens (primary N) is 1. The second-order valence-corrected chi connectivity index (χ2v) is 8.22. The van der Waals surface area contributed by atoms with Crippen molar-refractivity contribution in [2.24, 2.45) is 0 Å². The topological polar surface area (TPSA) is 50.9 Å². The fraction of sp³-hybridized carbons (Fsp3) is 0.450. The molecule has 1 heterocycles. The Balaban J connectivity index is 2.30. The number of nitrogens with zero attached hydrogens (tertiary/aromatic N) is 1. The molecule has 2 aromatic rings. The highest BCUT2D eigenvalue weighted by atomic mass is 15.0. The average Bonchev–Trinajstić information content (AvgIpc) is 2.43. The third-order valence-corrected chi connectivity index (χ3v) is 3.97. The third-order valence-electron chi connectivity index (χ3n) is 3.97. The first-order valence-corrected chi connectivity index (χ1v) is 8.17. The number of rotatable bonds is 3. The van der Waals surface area contributed by atoms with Gasteiger partial charge in [-0.3, -0.25) is 0 Å². The first kappa shape index (κ1) is 17.3. The van der Waals surface area contributed by atoms with E-state index in [1.165, 1.54) is 16.7 Å². The summed E-state index contributed by atoms with van der Waals surface area (Å²) in [4.78, 5) is 4.30. The number of anilines is 2. The molecule has 0 bridgehead atoms. The summed E-state index contributed by atoms with van der Waals surface area (Å²) < 4.78 is 0. The van der Waals surface area contributed by atoms with Gasteiger partial charge in [0.05, 0.1) is 0 Å². The molecule has 1 aromatic carbocycles. The smallest absolute Gasteiger partial charge is 0.128 e. The first-order valence-electron chi connectivity index (χ1n) is 8.17. The summed E-state index contributed by atoms with van der Waals surface area (Å²) in [5, 5.41) is 3.37. The van der Waals surface area contributed by atoms with Crippen LogP contribution in [0.4, 0.5) is 11.6 Å². The Kier molecular flexibility index (Phi) is 4.69. The Labute approximate surface area is 140 Å². The van der Waals surface area contributed by atoms with Crippen molar-refractivity contribution in [3.05, 3.63) is 53.1 Å². The van der Waals surface area contributed by atoms with Crippen molar-refractivity contribution < 1.29 is 0 Å². The van der Waals surface area contributed by atoms with Crippen molar-refractivity contribution in [3.8, 4) is 0 Å². The fourth-order valence-electron chi connectivity index (χ4n) is 2.40. The van der Waals surface area contributed by atoms with Crippen LogP contribution in [0.25, 0.3) is 0 Å². The third kappa shape index (κ3) is 4.72. The summed E-state index contributed by atoms with van der Waals surface area (Å²) in [6.07, 6.45) is 0. The zero-order valence-electron chi connectivity index (χ0n) is 15.2. The molecule has 0 amide bonds. The minimum Gasteiger partial charge on any atom is -0.384 e. The average molecular weight is 311 g/mol. The summed E-state index contributed by atoms with van der Waals surface area (Å²) in [6, 6.07) is 12.6. The molecule has 2 rings (SSSR count). The standard InChI is InChI=1S/C20H29N3/c1-19(2,3)15-10-14(11-16(12-15)20(4,5)6)13-22-18-9-7-8-17(21)23-18/h7-12H,13H2,1-6H3,(H3,21,22,23). The van der Waals surface area contributed by atoms with Gasteiger partial charge < -0.3 is 11.1 Å². The highest BCUT2D eigenvalue weighted by Gasteiger charge is 2.20. The molecule has 0 saturated heterocycles. The quantitative estimate of drug-likeness (QED) is 0.850. The number of hydrogen-bond donors (Lipinski definition) is 2. The molecule has 0 radical (unpaired) electrons. The van der Waals surface area contributed by atoms with Gasteiger partial charge in [-0.15, -0.1) is 0 Å². The molecule has 0 atom stereocenters. The van der Waals surface area contributed by atoms with Gasteiger partial charge in [-0.05, 0) is 39.7 Å². The molecule has 0 aliphatic rings. The molecule has 0 spiro atoms. The molecule has 3 N–H and O–H groups in total. The maximum atomic E-state index is 5.74. The molecule has 1 aromatic heterocycles. The molecule has 3 heteroatoms. The van der Waals surface area contributed by atoms with Crippen LogP contribution in [0.2, 0.25) is 0 Å². The Morgan fingerprint density at radius 3 is 1.96 bits per heavy atom. The Hall–Kier alpha value is -2.03. The normalized spacial score (nSPS) is 12.3. The maximum Gasteiger partial charge on any atom is 0.128 e. The van der Waals surface area contributed by atoms with Crippen LogP contribution in [0.3, 0.4) is 0 Å². The van der Waals surface area contributed by atoms with Crippen LogP contribution in [0.5, 0.6) is 0 Å². The van der Waals surface area contributed by atoms with E-state index in [4.69, 9.17) is 5.73 Å². The van der Waals surface area contributed by atoms with Gasteiger partial charge in [-0.2, -0.15) is 0 Å². The van der Waals surface area contributed by atoms with E-state index in [0.717, 1.165) is 12.4 Å². The molecular weight excluding hydrogens is 282 g/mol. The van der Waals surface area contributed by atoms with Crippen molar-refractivity contribution in [1.29, 1.82) is 0 Å². The number of benzene rings is 1. The second-order valence-electron chi connectivity index (χ2n) is 8.22. The number of hydrogen-bond acceptors (Lipinski definition) is 3.